The van der Waals surface area contributed by atoms with E-state index >= 15 is 0 Å². The molecule has 6 heteroatoms. The minimum atomic E-state index is -0.553. The first-order valence-corrected chi connectivity index (χ1v) is 9.18. The summed E-state index contributed by atoms with van der Waals surface area (Å²) in [5, 5.41) is 2.94. The lowest BCUT2D eigenvalue weighted by Gasteiger charge is -2.24. The fourth-order valence-electron chi connectivity index (χ4n) is 3.19. The first-order valence-electron chi connectivity index (χ1n) is 9.18. The number of nitrogens with zero attached hydrogens (tertiary/aromatic N) is 1. The first kappa shape index (κ1) is 20.2. The maximum absolute atomic E-state index is 12.2. The summed E-state index contributed by atoms with van der Waals surface area (Å²) >= 11 is 0. The molecule has 1 N–H and O–H groups in total. The van der Waals surface area contributed by atoms with Crippen molar-refractivity contribution in [2.75, 3.05) is 19.7 Å². The molecule has 144 valence electrons. The molecule has 0 aliphatic carbocycles. The van der Waals surface area contributed by atoms with E-state index in [2.05, 4.69) is 22.3 Å². The topological polar surface area (TPSA) is 67.9 Å². The normalized spacial score (nSPS) is 20.6. The van der Waals surface area contributed by atoms with Gasteiger partial charge in [0, 0.05) is 31.6 Å². The number of rotatable bonds is 6. The molecular formula is C20H30N2O4. The van der Waals surface area contributed by atoms with Crippen molar-refractivity contribution in [2.24, 2.45) is 5.92 Å². The van der Waals surface area contributed by atoms with Crippen molar-refractivity contribution < 1.29 is 19.1 Å². The SMILES string of the molecule is CCOC(=O)C[C@@H]1CN(Cc2ccccc2)C[C@H]1NC(=O)OC(C)(C)C. The Bertz CT molecular complexity index is 598. The van der Waals surface area contributed by atoms with E-state index in [0.29, 0.717) is 19.6 Å². The van der Waals surface area contributed by atoms with Crippen LogP contribution < -0.4 is 5.32 Å². The quantitative estimate of drug-likeness (QED) is 0.788. The summed E-state index contributed by atoms with van der Waals surface area (Å²) in [6.07, 6.45) is -0.155. The molecule has 6 nitrogen and oxygen atoms in total. The lowest BCUT2D eigenvalue weighted by atomic mass is 10.00. The predicted octanol–water partition coefficient (Wildman–Crippen LogP) is 2.96. The summed E-state index contributed by atoms with van der Waals surface area (Å²) in [5.74, 6) is -0.222. The van der Waals surface area contributed by atoms with Gasteiger partial charge in [0.1, 0.15) is 5.60 Å². The molecule has 0 spiro atoms. The lowest BCUT2D eigenvalue weighted by molar-refractivity contribution is -0.144. The van der Waals surface area contributed by atoms with Gasteiger partial charge >= 0.3 is 12.1 Å². The lowest BCUT2D eigenvalue weighted by Crippen LogP contribution is -2.43. The Morgan fingerprint density at radius 2 is 1.88 bits per heavy atom. The number of hydrogen-bond acceptors (Lipinski definition) is 5. The summed E-state index contributed by atoms with van der Waals surface area (Å²) in [6.45, 7) is 9.85. The predicted molar refractivity (Wildman–Crippen MR) is 99.6 cm³/mol. The molecule has 0 saturated carbocycles. The number of carbonyl (C=O) groups is 2. The molecule has 2 rings (SSSR count). The van der Waals surface area contributed by atoms with Crippen molar-refractivity contribution in [1.29, 1.82) is 0 Å². The molecule has 1 fully saturated rings. The Hall–Kier alpha value is -2.08. The van der Waals surface area contributed by atoms with Crippen LogP contribution in [0.4, 0.5) is 4.79 Å². The molecule has 1 aliphatic heterocycles. The smallest absolute Gasteiger partial charge is 0.407 e. The van der Waals surface area contributed by atoms with Gasteiger partial charge in [-0.05, 0) is 33.3 Å². The molecule has 1 aromatic carbocycles. The van der Waals surface area contributed by atoms with Crippen molar-refractivity contribution in [2.45, 2.75) is 52.3 Å². The molecule has 1 heterocycles. The number of carbonyl (C=O) groups excluding carboxylic acids is 2. The van der Waals surface area contributed by atoms with Crippen molar-refractivity contribution >= 4 is 12.1 Å². The molecule has 0 unspecified atom stereocenters. The summed E-state index contributed by atoms with van der Waals surface area (Å²) < 4.78 is 10.5. The highest BCUT2D eigenvalue weighted by molar-refractivity contribution is 5.71. The number of likely N-dealkylation sites (tertiary alicyclic amines) is 1. The van der Waals surface area contributed by atoms with Crippen LogP contribution in [0.15, 0.2) is 30.3 Å². The van der Waals surface area contributed by atoms with E-state index in [4.69, 9.17) is 9.47 Å². The summed E-state index contributed by atoms with van der Waals surface area (Å²) in [4.78, 5) is 26.4. The van der Waals surface area contributed by atoms with Crippen molar-refractivity contribution in [1.82, 2.24) is 10.2 Å². The maximum atomic E-state index is 12.2. The van der Waals surface area contributed by atoms with E-state index in [1.54, 1.807) is 6.92 Å². The molecule has 2 atom stereocenters. The van der Waals surface area contributed by atoms with Crippen LogP contribution in [0.1, 0.15) is 39.7 Å². The van der Waals surface area contributed by atoms with Gasteiger partial charge in [0.25, 0.3) is 0 Å². The van der Waals surface area contributed by atoms with Gasteiger partial charge in [0.2, 0.25) is 0 Å². The van der Waals surface area contributed by atoms with Crippen molar-refractivity contribution in [3.8, 4) is 0 Å². The van der Waals surface area contributed by atoms with Gasteiger partial charge in [-0.2, -0.15) is 0 Å². The van der Waals surface area contributed by atoms with Gasteiger partial charge < -0.3 is 14.8 Å². The van der Waals surface area contributed by atoms with E-state index in [1.807, 2.05) is 39.0 Å². The van der Waals surface area contributed by atoms with Crippen LogP contribution in [0.5, 0.6) is 0 Å². The Balaban J connectivity index is 2.00. The van der Waals surface area contributed by atoms with E-state index in [1.165, 1.54) is 5.56 Å². The molecule has 1 aliphatic rings. The van der Waals surface area contributed by atoms with Crippen LogP contribution in [0.2, 0.25) is 0 Å². The highest BCUT2D eigenvalue weighted by Gasteiger charge is 2.36. The van der Waals surface area contributed by atoms with E-state index in [-0.39, 0.29) is 17.9 Å². The zero-order valence-corrected chi connectivity index (χ0v) is 16.2. The maximum Gasteiger partial charge on any atom is 0.407 e. The van der Waals surface area contributed by atoms with Crippen molar-refractivity contribution in [3.05, 3.63) is 35.9 Å². The Labute approximate surface area is 155 Å². The van der Waals surface area contributed by atoms with Crippen molar-refractivity contribution in [3.63, 3.8) is 0 Å². The highest BCUT2D eigenvalue weighted by Crippen LogP contribution is 2.23. The van der Waals surface area contributed by atoms with Gasteiger partial charge in [-0.25, -0.2) is 4.79 Å². The van der Waals surface area contributed by atoms with Gasteiger partial charge in [-0.1, -0.05) is 30.3 Å². The number of benzene rings is 1. The Morgan fingerprint density at radius 1 is 1.19 bits per heavy atom. The fraction of sp³-hybridized carbons (Fsp3) is 0.600. The number of alkyl carbamates (subject to hydrolysis) is 1. The number of hydrogen-bond donors (Lipinski definition) is 1. The average molecular weight is 362 g/mol. The van der Waals surface area contributed by atoms with Gasteiger partial charge in [-0.15, -0.1) is 0 Å². The molecular weight excluding hydrogens is 332 g/mol. The van der Waals surface area contributed by atoms with Gasteiger partial charge in [0.15, 0.2) is 0 Å². The molecule has 0 radical (unpaired) electrons. The van der Waals surface area contributed by atoms with E-state index in [0.717, 1.165) is 13.1 Å². The monoisotopic (exact) mass is 362 g/mol. The van der Waals surface area contributed by atoms with Crippen LogP contribution in [0.3, 0.4) is 0 Å². The molecule has 1 saturated heterocycles. The zero-order valence-electron chi connectivity index (χ0n) is 16.2. The zero-order chi connectivity index (χ0) is 19.2. The third kappa shape index (κ3) is 6.67. The number of amides is 1. The summed E-state index contributed by atoms with van der Waals surface area (Å²) in [6, 6.07) is 10.0. The number of esters is 1. The second-order valence-electron chi connectivity index (χ2n) is 7.70. The molecule has 1 amide bonds. The fourth-order valence-corrected chi connectivity index (χ4v) is 3.19. The van der Waals surface area contributed by atoms with Crippen LogP contribution in [0, 0.1) is 5.92 Å². The Morgan fingerprint density at radius 3 is 2.50 bits per heavy atom. The van der Waals surface area contributed by atoms with Crippen LogP contribution in [-0.2, 0) is 20.8 Å². The second kappa shape index (κ2) is 9.03. The second-order valence-corrected chi connectivity index (χ2v) is 7.70. The average Bonchev–Trinajstić information content (AvgIpc) is 2.87. The third-order valence-electron chi connectivity index (χ3n) is 4.20. The minimum absolute atomic E-state index is 0.00489. The molecule has 1 aromatic rings. The van der Waals surface area contributed by atoms with Gasteiger partial charge in [0.05, 0.1) is 13.0 Å². The standard InChI is InChI=1S/C20H30N2O4/c1-5-25-18(23)11-16-13-22(12-15-9-7-6-8-10-15)14-17(16)21-19(24)26-20(2,3)4/h6-10,16-17H,5,11-14H2,1-4H3,(H,21,24)/t16-,17-/m1/s1. The molecule has 0 aromatic heterocycles. The van der Waals surface area contributed by atoms with Crippen LogP contribution in [-0.4, -0.2) is 48.3 Å². The Kier molecular flexibility index (Phi) is 7.03. The number of nitrogens with one attached hydrogen (secondary N) is 1. The third-order valence-corrected chi connectivity index (χ3v) is 4.20. The summed E-state index contributed by atoms with van der Waals surface area (Å²) in [7, 11) is 0. The van der Waals surface area contributed by atoms with Crippen LogP contribution in [0.25, 0.3) is 0 Å². The molecule has 26 heavy (non-hydrogen) atoms. The summed E-state index contributed by atoms with van der Waals surface area (Å²) in [5.41, 5.74) is 0.656. The van der Waals surface area contributed by atoms with Gasteiger partial charge in [-0.3, -0.25) is 9.69 Å². The van der Waals surface area contributed by atoms with E-state index in [9.17, 15) is 9.59 Å². The first-order chi connectivity index (χ1) is 12.3. The van der Waals surface area contributed by atoms with E-state index < -0.39 is 11.7 Å². The highest BCUT2D eigenvalue weighted by atomic mass is 16.6. The number of ether oxygens (including phenoxy) is 2. The molecule has 0 bridgehead atoms. The van der Waals surface area contributed by atoms with Crippen LogP contribution >= 0.6 is 0 Å². The minimum Gasteiger partial charge on any atom is -0.466 e. The largest absolute Gasteiger partial charge is 0.466 e.